The Labute approximate surface area is 119 Å². The molecule has 0 aliphatic heterocycles. The molecule has 4 nitrogen and oxygen atoms in total. The molecule has 0 aliphatic rings. The number of nitrogens with one attached hydrogen (secondary N) is 1. The third kappa shape index (κ3) is 5.16. The van der Waals surface area contributed by atoms with Crippen LogP contribution in [-0.4, -0.2) is 30.8 Å². The maximum Gasteiger partial charge on any atom is 0.328 e. The number of carbonyl (C=O) groups is 2. The number of ether oxygens (including phenoxy) is 1. The maximum atomic E-state index is 12.9. The van der Waals surface area contributed by atoms with Crippen LogP contribution in [0.5, 0.6) is 0 Å². The first kappa shape index (κ1) is 16.4. The van der Waals surface area contributed by atoms with E-state index in [-0.39, 0.29) is 12.3 Å². The molecule has 0 aromatic heterocycles. The molecule has 1 N–H and O–H groups in total. The van der Waals surface area contributed by atoms with Crippen molar-refractivity contribution in [1.29, 1.82) is 0 Å². The molecule has 1 unspecified atom stereocenters. The van der Waals surface area contributed by atoms with Crippen LogP contribution in [0.1, 0.15) is 13.3 Å². The summed E-state index contributed by atoms with van der Waals surface area (Å²) < 4.78 is 30.1. The van der Waals surface area contributed by atoms with Crippen LogP contribution in [0, 0.1) is 11.6 Å². The lowest BCUT2D eigenvalue weighted by Gasteiger charge is -2.11. The summed E-state index contributed by atoms with van der Waals surface area (Å²) in [6, 6.07) is 2.85. The third-order valence-electron chi connectivity index (χ3n) is 2.42. The number of hydrogen-bond acceptors (Lipinski definition) is 4. The highest BCUT2D eigenvalue weighted by atomic mass is 32.2. The Morgan fingerprint density at radius 1 is 1.35 bits per heavy atom. The minimum absolute atomic E-state index is 0.158. The van der Waals surface area contributed by atoms with Gasteiger partial charge in [0.05, 0.1) is 7.11 Å². The Morgan fingerprint density at radius 3 is 2.65 bits per heavy atom. The Kier molecular flexibility index (Phi) is 6.44. The number of amides is 1. The number of rotatable bonds is 6. The van der Waals surface area contributed by atoms with Crippen LogP contribution in [-0.2, 0) is 14.3 Å². The summed E-state index contributed by atoms with van der Waals surface area (Å²) >= 11 is 1.23. The minimum atomic E-state index is -0.918. The van der Waals surface area contributed by atoms with Crippen molar-refractivity contribution in [2.24, 2.45) is 0 Å². The van der Waals surface area contributed by atoms with E-state index in [2.05, 4.69) is 10.1 Å². The lowest BCUT2D eigenvalue weighted by molar-refractivity contribution is -0.144. The van der Waals surface area contributed by atoms with Gasteiger partial charge in [-0.15, -0.1) is 11.8 Å². The molecule has 0 spiro atoms. The molecule has 1 rings (SSSR count). The molecule has 1 amide bonds. The molecule has 1 atom stereocenters. The monoisotopic (exact) mass is 303 g/mol. The van der Waals surface area contributed by atoms with Gasteiger partial charge in [0, 0.05) is 17.1 Å². The van der Waals surface area contributed by atoms with Gasteiger partial charge < -0.3 is 10.1 Å². The average molecular weight is 303 g/mol. The third-order valence-corrected chi connectivity index (χ3v) is 3.42. The van der Waals surface area contributed by atoms with Crippen LogP contribution in [0.3, 0.4) is 0 Å². The number of benzene rings is 1. The molecule has 110 valence electrons. The first-order valence-corrected chi connectivity index (χ1v) is 6.87. The van der Waals surface area contributed by atoms with E-state index in [1.807, 2.05) is 0 Å². The lowest BCUT2D eigenvalue weighted by atomic mass is 10.3. The predicted molar refractivity (Wildman–Crippen MR) is 71.3 cm³/mol. The fourth-order valence-corrected chi connectivity index (χ4v) is 2.25. The smallest absolute Gasteiger partial charge is 0.328 e. The summed E-state index contributed by atoms with van der Waals surface area (Å²) in [6.07, 6.45) is 0.158. The molecule has 7 heteroatoms. The molecule has 0 saturated carbocycles. The SMILES string of the molecule is COC(=O)C(C)NC(=O)CCSc1ccc(F)c(F)c1. The summed E-state index contributed by atoms with van der Waals surface area (Å²) in [6.45, 7) is 1.52. The standard InChI is InChI=1S/C13H15F2NO3S/c1-8(13(18)19-2)16-12(17)5-6-20-9-3-4-10(14)11(15)7-9/h3-4,7-8H,5-6H2,1-2H3,(H,16,17). The van der Waals surface area contributed by atoms with Crippen molar-refractivity contribution in [1.82, 2.24) is 5.32 Å². The number of hydrogen-bond donors (Lipinski definition) is 1. The Bertz CT molecular complexity index is 497. The zero-order chi connectivity index (χ0) is 15.1. The largest absolute Gasteiger partial charge is 0.467 e. The van der Waals surface area contributed by atoms with Crippen LogP contribution in [0.25, 0.3) is 0 Å². The summed E-state index contributed by atoms with van der Waals surface area (Å²) in [5.74, 6) is -2.26. The molecule has 1 aromatic carbocycles. The van der Waals surface area contributed by atoms with E-state index >= 15 is 0 Å². The van der Waals surface area contributed by atoms with E-state index < -0.39 is 23.6 Å². The Hall–Kier alpha value is -1.63. The van der Waals surface area contributed by atoms with Crippen molar-refractivity contribution >= 4 is 23.6 Å². The summed E-state index contributed by atoms with van der Waals surface area (Å²) in [5, 5.41) is 2.48. The van der Waals surface area contributed by atoms with Crippen molar-refractivity contribution in [2.45, 2.75) is 24.3 Å². The van der Waals surface area contributed by atoms with E-state index in [0.29, 0.717) is 10.6 Å². The second-order valence-electron chi connectivity index (χ2n) is 3.99. The van der Waals surface area contributed by atoms with Gasteiger partial charge in [0.2, 0.25) is 5.91 Å². The average Bonchev–Trinajstić information content (AvgIpc) is 2.41. The molecule has 0 aliphatic carbocycles. The normalized spacial score (nSPS) is 11.8. The zero-order valence-electron chi connectivity index (χ0n) is 11.1. The molecule has 0 fully saturated rings. The van der Waals surface area contributed by atoms with Crippen LogP contribution >= 0.6 is 11.8 Å². The zero-order valence-corrected chi connectivity index (χ0v) is 11.9. The van der Waals surface area contributed by atoms with Gasteiger partial charge in [-0.2, -0.15) is 0 Å². The number of halogens is 2. The maximum absolute atomic E-state index is 12.9. The number of methoxy groups -OCH3 is 1. The van der Waals surface area contributed by atoms with Gasteiger partial charge in [0.1, 0.15) is 6.04 Å². The van der Waals surface area contributed by atoms with E-state index in [9.17, 15) is 18.4 Å². The molecular formula is C13H15F2NO3S. The van der Waals surface area contributed by atoms with Gasteiger partial charge in [-0.1, -0.05) is 0 Å². The van der Waals surface area contributed by atoms with E-state index in [1.165, 1.54) is 31.9 Å². The van der Waals surface area contributed by atoms with Crippen molar-refractivity contribution in [3.8, 4) is 0 Å². The lowest BCUT2D eigenvalue weighted by Crippen LogP contribution is -2.39. The fraction of sp³-hybridized carbons (Fsp3) is 0.385. The highest BCUT2D eigenvalue weighted by Gasteiger charge is 2.15. The van der Waals surface area contributed by atoms with Gasteiger partial charge in [-0.25, -0.2) is 13.6 Å². The number of esters is 1. The van der Waals surface area contributed by atoms with Crippen molar-refractivity contribution in [3.63, 3.8) is 0 Å². The molecular weight excluding hydrogens is 288 g/mol. The molecule has 1 aromatic rings. The fourth-order valence-electron chi connectivity index (χ4n) is 1.38. The molecule has 0 saturated heterocycles. The van der Waals surface area contributed by atoms with E-state index in [4.69, 9.17) is 0 Å². The second-order valence-corrected chi connectivity index (χ2v) is 5.16. The first-order valence-electron chi connectivity index (χ1n) is 5.89. The van der Waals surface area contributed by atoms with Gasteiger partial charge in [0.25, 0.3) is 0 Å². The highest BCUT2D eigenvalue weighted by molar-refractivity contribution is 7.99. The van der Waals surface area contributed by atoms with E-state index in [0.717, 1.165) is 12.1 Å². The van der Waals surface area contributed by atoms with Crippen molar-refractivity contribution < 1.29 is 23.1 Å². The van der Waals surface area contributed by atoms with Gasteiger partial charge in [0.15, 0.2) is 11.6 Å². The Morgan fingerprint density at radius 2 is 2.05 bits per heavy atom. The van der Waals surface area contributed by atoms with Crippen LogP contribution in [0.2, 0.25) is 0 Å². The van der Waals surface area contributed by atoms with Crippen LogP contribution in [0.15, 0.2) is 23.1 Å². The van der Waals surface area contributed by atoms with E-state index in [1.54, 1.807) is 0 Å². The Balaban J connectivity index is 2.35. The minimum Gasteiger partial charge on any atom is -0.467 e. The molecule has 0 bridgehead atoms. The second kappa shape index (κ2) is 7.84. The molecule has 0 heterocycles. The molecule has 0 radical (unpaired) electrons. The van der Waals surface area contributed by atoms with Crippen LogP contribution < -0.4 is 5.32 Å². The summed E-state index contributed by atoms with van der Waals surface area (Å²) in [4.78, 5) is 23.2. The highest BCUT2D eigenvalue weighted by Crippen LogP contribution is 2.20. The van der Waals surface area contributed by atoms with Gasteiger partial charge in [-0.05, 0) is 25.1 Å². The summed E-state index contributed by atoms with van der Waals surface area (Å²) in [5.41, 5.74) is 0. The molecule has 20 heavy (non-hydrogen) atoms. The van der Waals surface area contributed by atoms with Crippen LogP contribution in [0.4, 0.5) is 8.78 Å². The topological polar surface area (TPSA) is 55.4 Å². The predicted octanol–water partition coefficient (Wildman–Crippen LogP) is 2.12. The van der Waals surface area contributed by atoms with Gasteiger partial charge >= 0.3 is 5.97 Å². The van der Waals surface area contributed by atoms with Crippen molar-refractivity contribution in [3.05, 3.63) is 29.8 Å². The number of carbonyl (C=O) groups excluding carboxylic acids is 2. The quantitative estimate of drug-likeness (QED) is 0.646. The first-order chi connectivity index (χ1) is 9.43. The van der Waals surface area contributed by atoms with Crippen molar-refractivity contribution in [2.75, 3.05) is 12.9 Å². The number of thioether (sulfide) groups is 1. The van der Waals surface area contributed by atoms with Gasteiger partial charge in [-0.3, -0.25) is 4.79 Å². The summed E-state index contributed by atoms with van der Waals surface area (Å²) in [7, 11) is 1.24.